The van der Waals surface area contributed by atoms with Crippen molar-refractivity contribution in [2.24, 2.45) is 0 Å². The van der Waals surface area contributed by atoms with Gasteiger partial charge in [-0.3, -0.25) is 0 Å². The molecule has 106 valence electrons. The van der Waals surface area contributed by atoms with Crippen LogP contribution in [0.2, 0.25) is 0 Å². The van der Waals surface area contributed by atoms with Crippen LogP contribution in [0.5, 0.6) is 5.75 Å². The molecule has 0 aliphatic heterocycles. The van der Waals surface area contributed by atoms with Crippen LogP contribution in [-0.4, -0.2) is 26.5 Å². The predicted octanol–water partition coefficient (Wildman–Crippen LogP) is 1.95. The zero-order valence-electron chi connectivity index (χ0n) is 11.2. The fourth-order valence-corrected chi connectivity index (χ4v) is 1.75. The summed E-state index contributed by atoms with van der Waals surface area (Å²) in [5, 5.41) is 0.801. The van der Waals surface area contributed by atoms with E-state index < -0.39 is 11.6 Å². The van der Waals surface area contributed by atoms with Crippen molar-refractivity contribution in [2.45, 2.75) is 6.92 Å². The number of carbonyl (C=O) groups is 1. The number of methoxy groups -OCH3 is 1. The number of hydrogen-bond donors (Lipinski definition) is 0. The number of benzene rings is 1. The standard InChI is InChI=1S/C14H14O6/c1-3-18-13(15)11-7-9-5-4-6-10(19-8-17-2)12(9)14(16)20-11/h4-7H,3,8H2,1-2H3. The minimum Gasteiger partial charge on any atom is -0.467 e. The van der Waals surface area contributed by atoms with E-state index in [1.54, 1.807) is 25.1 Å². The average molecular weight is 278 g/mol. The number of rotatable bonds is 5. The maximum Gasteiger partial charge on any atom is 0.374 e. The van der Waals surface area contributed by atoms with Crippen LogP contribution in [0.25, 0.3) is 10.8 Å². The molecule has 1 aromatic carbocycles. The molecule has 2 aromatic rings. The lowest BCUT2D eigenvalue weighted by atomic mass is 10.1. The largest absolute Gasteiger partial charge is 0.467 e. The average Bonchev–Trinajstić information content (AvgIpc) is 2.44. The summed E-state index contributed by atoms with van der Waals surface area (Å²) in [7, 11) is 1.48. The van der Waals surface area contributed by atoms with Crippen molar-refractivity contribution >= 4 is 16.7 Å². The van der Waals surface area contributed by atoms with E-state index in [0.29, 0.717) is 11.1 Å². The Balaban J connectivity index is 2.51. The van der Waals surface area contributed by atoms with Crippen LogP contribution in [0.1, 0.15) is 17.5 Å². The summed E-state index contributed by atoms with van der Waals surface area (Å²) in [6.07, 6.45) is 0. The fourth-order valence-electron chi connectivity index (χ4n) is 1.75. The molecule has 6 heteroatoms. The first-order chi connectivity index (χ1) is 9.67. The highest BCUT2D eigenvalue weighted by Gasteiger charge is 2.15. The molecule has 6 nitrogen and oxygen atoms in total. The van der Waals surface area contributed by atoms with E-state index in [-0.39, 0.29) is 24.5 Å². The molecule has 0 atom stereocenters. The molecule has 0 saturated heterocycles. The third kappa shape index (κ3) is 2.80. The molecule has 0 aliphatic rings. The van der Waals surface area contributed by atoms with Crippen LogP contribution in [0.15, 0.2) is 33.5 Å². The minimum absolute atomic E-state index is 0.0121. The molecular weight excluding hydrogens is 264 g/mol. The predicted molar refractivity (Wildman–Crippen MR) is 70.9 cm³/mol. The summed E-state index contributed by atoms with van der Waals surface area (Å²) in [4.78, 5) is 23.6. The molecule has 20 heavy (non-hydrogen) atoms. The molecule has 0 amide bonds. The molecule has 2 rings (SSSR count). The number of hydrogen-bond acceptors (Lipinski definition) is 6. The molecule has 1 aromatic heterocycles. The Kier molecular flexibility index (Phi) is 4.37. The van der Waals surface area contributed by atoms with E-state index in [1.807, 2.05) is 0 Å². The van der Waals surface area contributed by atoms with Gasteiger partial charge in [-0.15, -0.1) is 0 Å². The summed E-state index contributed by atoms with van der Waals surface area (Å²) in [6.45, 7) is 1.89. The van der Waals surface area contributed by atoms with Crippen molar-refractivity contribution in [2.75, 3.05) is 20.5 Å². The van der Waals surface area contributed by atoms with Crippen LogP contribution in [0.4, 0.5) is 0 Å². The monoisotopic (exact) mass is 278 g/mol. The minimum atomic E-state index is -0.672. The molecule has 0 saturated carbocycles. The Morgan fingerprint density at radius 3 is 2.85 bits per heavy atom. The maximum absolute atomic E-state index is 12.0. The number of esters is 1. The molecule has 0 spiro atoms. The van der Waals surface area contributed by atoms with E-state index in [2.05, 4.69) is 0 Å². The lowest BCUT2D eigenvalue weighted by Gasteiger charge is -2.08. The second-order valence-electron chi connectivity index (χ2n) is 3.89. The van der Waals surface area contributed by atoms with Crippen molar-refractivity contribution in [3.05, 3.63) is 40.4 Å². The van der Waals surface area contributed by atoms with Crippen LogP contribution in [0.3, 0.4) is 0 Å². The Morgan fingerprint density at radius 1 is 1.35 bits per heavy atom. The van der Waals surface area contributed by atoms with Crippen LogP contribution >= 0.6 is 0 Å². The summed E-state index contributed by atoms with van der Waals surface area (Å²) >= 11 is 0. The van der Waals surface area contributed by atoms with Crippen molar-refractivity contribution in [1.29, 1.82) is 0 Å². The first-order valence-electron chi connectivity index (χ1n) is 6.03. The molecule has 0 N–H and O–H groups in total. The molecule has 0 bridgehead atoms. The van der Waals surface area contributed by atoms with Gasteiger partial charge in [-0.1, -0.05) is 12.1 Å². The smallest absolute Gasteiger partial charge is 0.374 e. The first-order valence-corrected chi connectivity index (χ1v) is 6.03. The van der Waals surface area contributed by atoms with Gasteiger partial charge in [0.25, 0.3) is 0 Å². The van der Waals surface area contributed by atoms with Gasteiger partial charge < -0.3 is 18.6 Å². The van der Waals surface area contributed by atoms with Gasteiger partial charge in [0.2, 0.25) is 5.76 Å². The SMILES string of the molecule is CCOC(=O)c1cc2cccc(OCOC)c2c(=O)o1. The number of fused-ring (bicyclic) bond motifs is 1. The second kappa shape index (κ2) is 6.21. The quantitative estimate of drug-likeness (QED) is 0.614. The summed E-state index contributed by atoms with van der Waals surface area (Å²) in [5.74, 6) is -0.462. The fraction of sp³-hybridized carbons (Fsp3) is 0.286. The third-order valence-electron chi connectivity index (χ3n) is 2.56. The van der Waals surface area contributed by atoms with E-state index in [1.165, 1.54) is 13.2 Å². The van der Waals surface area contributed by atoms with E-state index in [9.17, 15) is 9.59 Å². The molecular formula is C14H14O6. The van der Waals surface area contributed by atoms with Crippen molar-refractivity contribution in [3.63, 3.8) is 0 Å². The molecule has 0 aliphatic carbocycles. The molecule has 0 radical (unpaired) electrons. The highest BCUT2D eigenvalue weighted by Crippen LogP contribution is 2.23. The van der Waals surface area contributed by atoms with Gasteiger partial charge in [0.1, 0.15) is 11.1 Å². The van der Waals surface area contributed by atoms with E-state index in [4.69, 9.17) is 18.6 Å². The summed E-state index contributed by atoms with van der Waals surface area (Å²) in [5.41, 5.74) is -0.655. The van der Waals surface area contributed by atoms with Crippen LogP contribution < -0.4 is 10.4 Å². The van der Waals surface area contributed by atoms with Gasteiger partial charge in [-0.05, 0) is 24.4 Å². The molecule has 1 heterocycles. The van der Waals surface area contributed by atoms with Crippen molar-refractivity contribution in [1.82, 2.24) is 0 Å². The Labute approximate surface area is 114 Å². The normalized spacial score (nSPS) is 10.5. The highest BCUT2D eigenvalue weighted by atomic mass is 16.7. The van der Waals surface area contributed by atoms with Gasteiger partial charge in [-0.25, -0.2) is 9.59 Å². The maximum atomic E-state index is 12.0. The lowest BCUT2D eigenvalue weighted by molar-refractivity contribution is 0.0482. The highest BCUT2D eigenvalue weighted by molar-refractivity contribution is 5.93. The van der Waals surface area contributed by atoms with E-state index >= 15 is 0 Å². The zero-order chi connectivity index (χ0) is 14.5. The van der Waals surface area contributed by atoms with Crippen molar-refractivity contribution < 1.29 is 23.4 Å². The molecule has 0 fully saturated rings. The number of carbonyl (C=O) groups excluding carboxylic acids is 1. The van der Waals surface area contributed by atoms with Gasteiger partial charge in [-0.2, -0.15) is 0 Å². The topological polar surface area (TPSA) is 75.0 Å². The zero-order valence-corrected chi connectivity index (χ0v) is 11.2. The van der Waals surface area contributed by atoms with E-state index in [0.717, 1.165) is 0 Å². The van der Waals surface area contributed by atoms with Gasteiger partial charge in [0, 0.05) is 7.11 Å². The van der Waals surface area contributed by atoms with Crippen molar-refractivity contribution in [3.8, 4) is 5.75 Å². The van der Waals surface area contributed by atoms with Gasteiger partial charge in [0.05, 0.1) is 6.61 Å². The summed E-state index contributed by atoms with van der Waals surface area (Å²) in [6, 6.07) is 6.48. The Hall–Kier alpha value is -2.34. The molecule has 0 unspecified atom stereocenters. The lowest BCUT2D eigenvalue weighted by Crippen LogP contribution is -2.11. The summed E-state index contributed by atoms with van der Waals surface area (Å²) < 4.78 is 19.9. The van der Waals surface area contributed by atoms with Crippen LogP contribution in [0, 0.1) is 0 Å². The Bertz CT molecular complexity index is 673. The Morgan fingerprint density at radius 2 is 2.15 bits per heavy atom. The number of ether oxygens (including phenoxy) is 3. The van der Waals surface area contributed by atoms with Crippen LogP contribution in [-0.2, 0) is 9.47 Å². The van der Waals surface area contributed by atoms with Gasteiger partial charge >= 0.3 is 11.6 Å². The first kappa shape index (κ1) is 14.1. The third-order valence-corrected chi connectivity index (χ3v) is 2.56. The second-order valence-corrected chi connectivity index (χ2v) is 3.89. The van der Waals surface area contributed by atoms with Gasteiger partial charge in [0.15, 0.2) is 6.79 Å².